The van der Waals surface area contributed by atoms with Gasteiger partial charge < -0.3 is 5.32 Å². The van der Waals surface area contributed by atoms with Crippen LogP contribution in [-0.4, -0.2) is 26.9 Å². The highest BCUT2D eigenvalue weighted by molar-refractivity contribution is 7.98. The van der Waals surface area contributed by atoms with Gasteiger partial charge in [-0.25, -0.2) is 0 Å². The van der Waals surface area contributed by atoms with Gasteiger partial charge in [-0.15, -0.1) is 10.2 Å². The van der Waals surface area contributed by atoms with Crippen LogP contribution in [0.15, 0.2) is 47.6 Å². The average molecular weight is 407 g/mol. The highest BCUT2D eigenvalue weighted by atomic mass is 35.5. The molecule has 134 valence electrons. The van der Waals surface area contributed by atoms with Crippen LogP contribution in [-0.2, 0) is 6.54 Å². The summed E-state index contributed by atoms with van der Waals surface area (Å²) in [5.41, 5.74) is 2.40. The second-order valence-electron chi connectivity index (χ2n) is 5.58. The van der Waals surface area contributed by atoms with E-state index in [9.17, 15) is 4.79 Å². The second kappa shape index (κ2) is 8.12. The normalized spacial score (nSPS) is 10.8. The standard InChI is InChI=1S/C18H16Cl2N4OS/c1-11-4-3-5-13(8-11)24-16(22-23-18(24)26-2)10-21-17(25)14-9-12(19)6-7-15(14)20/h3-9H,10H2,1-2H3,(H,21,25). The maximum absolute atomic E-state index is 12.5. The van der Waals surface area contributed by atoms with Gasteiger partial charge in [0.1, 0.15) is 0 Å². The Balaban J connectivity index is 1.86. The quantitative estimate of drug-likeness (QED) is 0.632. The molecule has 2 aromatic carbocycles. The second-order valence-corrected chi connectivity index (χ2v) is 7.20. The van der Waals surface area contributed by atoms with Crippen molar-refractivity contribution in [3.05, 3.63) is 69.5 Å². The van der Waals surface area contributed by atoms with Crippen molar-refractivity contribution in [3.63, 3.8) is 0 Å². The van der Waals surface area contributed by atoms with Gasteiger partial charge in [0.15, 0.2) is 11.0 Å². The monoisotopic (exact) mass is 406 g/mol. The Morgan fingerprint density at radius 1 is 1.19 bits per heavy atom. The molecule has 0 spiro atoms. The molecule has 0 aliphatic carbocycles. The zero-order chi connectivity index (χ0) is 18.7. The number of carbonyl (C=O) groups excluding carboxylic acids is 1. The molecule has 0 atom stereocenters. The van der Waals surface area contributed by atoms with Crippen LogP contribution < -0.4 is 5.32 Å². The summed E-state index contributed by atoms with van der Waals surface area (Å²) in [6.45, 7) is 2.23. The maximum Gasteiger partial charge on any atom is 0.253 e. The fourth-order valence-corrected chi connectivity index (χ4v) is 3.39. The average Bonchev–Trinajstić information content (AvgIpc) is 3.04. The number of amides is 1. The van der Waals surface area contributed by atoms with Crippen LogP contribution in [0.4, 0.5) is 0 Å². The summed E-state index contributed by atoms with van der Waals surface area (Å²) >= 11 is 13.5. The lowest BCUT2D eigenvalue weighted by atomic mass is 10.2. The molecule has 0 unspecified atom stereocenters. The highest BCUT2D eigenvalue weighted by Crippen LogP contribution is 2.22. The van der Waals surface area contributed by atoms with E-state index in [-0.39, 0.29) is 12.5 Å². The van der Waals surface area contributed by atoms with Crippen LogP contribution in [0.2, 0.25) is 10.0 Å². The summed E-state index contributed by atoms with van der Waals surface area (Å²) in [6.07, 6.45) is 1.93. The van der Waals surface area contributed by atoms with Gasteiger partial charge in [0.05, 0.1) is 17.1 Å². The first-order chi connectivity index (χ1) is 12.5. The largest absolute Gasteiger partial charge is 0.345 e. The lowest BCUT2D eigenvalue weighted by Gasteiger charge is -2.11. The molecule has 26 heavy (non-hydrogen) atoms. The van der Waals surface area contributed by atoms with Crippen molar-refractivity contribution in [1.82, 2.24) is 20.1 Å². The Bertz CT molecular complexity index is 958. The molecule has 3 rings (SSSR count). The molecule has 1 heterocycles. The van der Waals surface area contributed by atoms with E-state index in [2.05, 4.69) is 15.5 Å². The van der Waals surface area contributed by atoms with Gasteiger partial charge in [0, 0.05) is 10.7 Å². The first kappa shape index (κ1) is 18.8. The molecule has 5 nitrogen and oxygen atoms in total. The molecule has 0 saturated carbocycles. The zero-order valence-electron chi connectivity index (χ0n) is 14.2. The number of aryl methyl sites for hydroxylation is 1. The lowest BCUT2D eigenvalue weighted by molar-refractivity contribution is 0.0950. The highest BCUT2D eigenvalue weighted by Gasteiger charge is 2.16. The van der Waals surface area contributed by atoms with Crippen molar-refractivity contribution in [1.29, 1.82) is 0 Å². The third-order valence-corrected chi connectivity index (χ3v) is 4.92. The van der Waals surface area contributed by atoms with Crippen LogP contribution in [0.25, 0.3) is 5.69 Å². The van der Waals surface area contributed by atoms with Crippen molar-refractivity contribution in [2.45, 2.75) is 18.6 Å². The number of carbonyl (C=O) groups is 1. The molecule has 8 heteroatoms. The van der Waals surface area contributed by atoms with Crippen LogP contribution in [0, 0.1) is 6.92 Å². The Morgan fingerprint density at radius 3 is 2.73 bits per heavy atom. The molecule has 0 saturated heterocycles. The van der Waals surface area contributed by atoms with Crippen molar-refractivity contribution < 1.29 is 4.79 Å². The predicted molar refractivity (Wildman–Crippen MR) is 106 cm³/mol. The van der Waals surface area contributed by atoms with Crippen LogP contribution in [0.3, 0.4) is 0 Å². The smallest absolute Gasteiger partial charge is 0.253 e. The van der Waals surface area contributed by atoms with E-state index >= 15 is 0 Å². The minimum absolute atomic E-state index is 0.211. The van der Waals surface area contributed by atoms with Gasteiger partial charge in [-0.1, -0.05) is 47.1 Å². The fraction of sp³-hybridized carbons (Fsp3) is 0.167. The summed E-state index contributed by atoms with van der Waals surface area (Å²) in [4.78, 5) is 12.5. The Kier molecular flexibility index (Phi) is 5.86. The fourth-order valence-electron chi connectivity index (χ4n) is 2.50. The summed E-state index contributed by atoms with van der Waals surface area (Å²) in [5.74, 6) is 0.313. The van der Waals surface area contributed by atoms with E-state index < -0.39 is 0 Å². The van der Waals surface area contributed by atoms with Gasteiger partial charge in [0.25, 0.3) is 5.91 Å². The van der Waals surface area contributed by atoms with Crippen molar-refractivity contribution in [2.75, 3.05) is 6.26 Å². The number of nitrogens with zero attached hydrogens (tertiary/aromatic N) is 3. The van der Waals surface area contributed by atoms with E-state index in [0.29, 0.717) is 21.4 Å². The van der Waals surface area contributed by atoms with E-state index in [0.717, 1.165) is 16.4 Å². The van der Waals surface area contributed by atoms with Gasteiger partial charge in [-0.3, -0.25) is 9.36 Å². The van der Waals surface area contributed by atoms with Crippen LogP contribution in [0.5, 0.6) is 0 Å². The van der Waals surface area contributed by atoms with E-state index in [1.54, 1.807) is 12.1 Å². The van der Waals surface area contributed by atoms with Gasteiger partial charge in [0.2, 0.25) is 0 Å². The van der Waals surface area contributed by atoms with Gasteiger partial charge in [-0.05, 0) is 49.1 Å². The molecule has 0 radical (unpaired) electrons. The molecule has 1 N–H and O–H groups in total. The van der Waals surface area contributed by atoms with E-state index in [1.807, 2.05) is 42.0 Å². The van der Waals surface area contributed by atoms with Gasteiger partial charge >= 0.3 is 0 Å². The Hall–Kier alpha value is -2.02. The molecule has 0 aliphatic rings. The number of nitrogens with one attached hydrogen (secondary N) is 1. The molecule has 1 aromatic heterocycles. The first-order valence-electron chi connectivity index (χ1n) is 7.78. The molecule has 0 bridgehead atoms. The van der Waals surface area contributed by atoms with Crippen molar-refractivity contribution in [2.24, 2.45) is 0 Å². The summed E-state index contributed by atoms with van der Waals surface area (Å²) < 4.78 is 1.93. The molecule has 0 fully saturated rings. The van der Waals surface area contributed by atoms with Crippen molar-refractivity contribution >= 4 is 40.9 Å². The first-order valence-corrected chi connectivity index (χ1v) is 9.76. The van der Waals surface area contributed by atoms with Gasteiger partial charge in [-0.2, -0.15) is 0 Å². The number of benzene rings is 2. The number of hydrogen-bond donors (Lipinski definition) is 1. The number of halogens is 2. The number of rotatable bonds is 5. The number of hydrogen-bond acceptors (Lipinski definition) is 4. The van der Waals surface area contributed by atoms with Crippen LogP contribution in [0.1, 0.15) is 21.7 Å². The Morgan fingerprint density at radius 2 is 2.00 bits per heavy atom. The van der Waals surface area contributed by atoms with Crippen molar-refractivity contribution in [3.8, 4) is 5.69 Å². The molecule has 3 aromatic rings. The molecular weight excluding hydrogens is 391 g/mol. The van der Waals surface area contributed by atoms with E-state index in [4.69, 9.17) is 23.2 Å². The number of aromatic nitrogens is 3. The zero-order valence-corrected chi connectivity index (χ0v) is 16.5. The minimum Gasteiger partial charge on any atom is -0.345 e. The third-order valence-electron chi connectivity index (χ3n) is 3.72. The molecular formula is C18H16Cl2N4OS. The summed E-state index contributed by atoms with van der Waals surface area (Å²) in [6, 6.07) is 12.8. The third kappa shape index (κ3) is 4.03. The number of thioether (sulfide) groups is 1. The SMILES string of the molecule is CSc1nnc(CNC(=O)c2cc(Cl)ccc2Cl)n1-c1cccc(C)c1. The minimum atomic E-state index is -0.318. The predicted octanol–water partition coefficient (Wildman–Crippen LogP) is 4.53. The lowest BCUT2D eigenvalue weighted by Crippen LogP contribution is -2.25. The van der Waals surface area contributed by atoms with E-state index in [1.165, 1.54) is 17.8 Å². The summed E-state index contributed by atoms with van der Waals surface area (Å²) in [7, 11) is 0. The summed E-state index contributed by atoms with van der Waals surface area (Å²) in [5, 5.41) is 12.8. The molecule has 0 aliphatic heterocycles. The Labute approximate surface area is 165 Å². The topological polar surface area (TPSA) is 59.8 Å². The molecule has 1 amide bonds. The van der Waals surface area contributed by atoms with Crippen LogP contribution >= 0.6 is 35.0 Å². The maximum atomic E-state index is 12.5.